The normalized spacial score (nSPS) is 26.9. The molecule has 1 aromatic carbocycles. The largest absolute Gasteiger partial charge is 0.381 e. The van der Waals surface area contributed by atoms with Crippen molar-refractivity contribution in [1.82, 2.24) is 0 Å². The molecular formula is C15H21Br2N. The van der Waals surface area contributed by atoms with Gasteiger partial charge >= 0.3 is 0 Å². The Morgan fingerprint density at radius 2 is 2.00 bits per heavy atom. The van der Waals surface area contributed by atoms with Crippen LogP contribution < -0.4 is 5.32 Å². The van der Waals surface area contributed by atoms with Crippen LogP contribution >= 0.6 is 31.9 Å². The Labute approximate surface area is 127 Å². The molecule has 1 saturated carbocycles. The van der Waals surface area contributed by atoms with Gasteiger partial charge in [-0.1, -0.05) is 36.7 Å². The molecule has 2 unspecified atom stereocenters. The summed E-state index contributed by atoms with van der Waals surface area (Å²) in [6.07, 6.45) is 3.87. The zero-order chi connectivity index (χ0) is 13.3. The van der Waals surface area contributed by atoms with Gasteiger partial charge in [-0.05, 0) is 64.7 Å². The van der Waals surface area contributed by atoms with E-state index < -0.39 is 0 Å². The van der Waals surface area contributed by atoms with Gasteiger partial charge in [-0.25, -0.2) is 0 Å². The highest BCUT2D eigenvalue weighted by molar-refractivity contribution is 9.11. The molecule has 0 aliphatic heterocycles. The van der Waals surface area contributed by atoms with Crippen LogP contribution in [-0.2, 0) is 0 Å². The molecule has 18 heavy (non-hydrogen) atoms. The Kier molecular flexibility index (Phi) is 4.43. The number of nitrogens with one attached hydrogen (secondary N) is 1. The zero-order valence-electron chi connectivity index (χ0n) is 11.3. The van der Waals surface area contributed by atoms with E-state index in [1.54, 1.807) is 0 Å². The molecule has 1 aliphatic carbocycles. The number of hydrogen-bond acceptors (Lipinski definition) is 1. The monoisotopic (exact) mass is 373 g/mol. The molecule has 0 amide bonds. The average Bonchev–Trinajstić information content (AvgIpc) is 2.26. The van der Waals surface area contributed by atoms with Crippen molar-refractivity contribution in [2.45, 2.75) is 46.1 Å². The highest BCUT2D eigenvalue weighted by Gasteiger charge is 2.32. The molecule has 1 fully saturated rings. The van der Waals surface area contributed by atoms with Crippen LogP contribution in [0.5, 0.6) is 0 Å². The zero-order valence-corrected chi connectivity index (χ0v) is 14.4. The number of hydrogen-bond donors (Lipinski definition) is 1. The average molecular weight is 375 g/mol. The maximum Gasteiger partial charge on any atom is 0.0498 e. The topological polar surface area (TPSA) is 12.0 Å². The van der Waals surface area contributed by atoms with E-state index in [9.17, 15) is 0 Å². The fraction of sp³-hybridized carbons (Fsp3) is 0.600. The minimum atomic E-state index is 0.506. The third-order valence-corrected chi connectivity index (χ3v) is 5.15. The molecule has 100 valence electrons. The Balaban J connectivity index is 2.08. The summed E-state index contributed by atoms with van der Waals surface area (Å²) < 4.78 is 2.26. The van der Waals surface area contributed by atoms with Crippen molar-refractivity contribution in [2.24, 2.45) is 11.3 Å². The summed E-state index contributed by atoms with van der Waals surface area (Å²) in [7, 11) is 0. The van der Waals surface area contributed by atoms with Gasteiger partial charge in [0.15, 0.2) is 0 Å². The minimum absolute atomic E-state index is 0.506. The number of rotatable bonds is 2. The van der Waals surface area contributed by atoms with Gasteiger partial charge in [0.05, 0.1) is 0 Å². The Morgan fingerprint density at radius 1 is 1.28 bits per heavy atom. The molecule has 0 saturated heterocycles. The molecule has 1 N–H and O–H groups in total. The van der Waals surface area contributed by atoms with Crippen molar-refractivity contribution in [3.05, 3.63) is 27.1 Å². The summed E-state index contributed by atoms with van der Waals surface area (Å²) in [5.74, 6) is 0.722. The summed E-state index contributed by atoms with van der Waals surface area (Å²) in [5.41, 5.74) is 1.70. The molecule has 1 nitrogen and oxygen atoms in total. The molecule has 3 heteroatoms. The summed E-state index contributed by atoms with van der Waals surface area (Å²) in [5, 5.41) is 3.70. The van der Waals surface area contributed by atoms with Crippen molar-refractivity contribution >= 4 is 37.5 Å². The van der Waals surface area contributed by atoms with Gasteiger partial charge in [0.1, 0.15) is 0 Å². The fourth-order valence-electron chi connectivity index (χ4n) is 2.97. The number of halogens is 2. The van der Waals surface area contributed by atoms with Crippen molar-refractivity contribution in [1.29, 1.82) is 0 Å². The van der Waals surface area contributed by atoms with Crippen LogP contribution in [0.2, 0.25) is 0 Å². The lowest BCUT2D eigenvalue weighted by Gasteiger charge is -2.40. The van der Waals surface area contributed by atoms with Gasteiger partial charge in [0.2, 0.25) is 0 Å². The molecular weight excluding hydrogens is 354 g/mol. The third-order valence-electron chi connectivity index (χ3n) is 3.96. The second kappa shape index (κ2) is 5.54. The number of benzene rings is 1. The minimum Gasteiger partial charge on any atom is -0.381 e. The van der Waals surface area contributed by atoms with Crippen molar-refractivity contribution < 1.29 is 0 Å². The van der Waals surface area contributed by atoms with Crippen LogP contribution in [0.1, 0.15) is 40.0 Å². The predicted octanol–water partition coefficient (Wildman–Crippen LogP) is 5.84. The molecule has 0 radical (unpaired) electrons. The van der Waals surface area contributed by atoms with Crippen LogP contribution in [0.3, 0.4) is 0 Å². The molecule has 0 spiro atoms. The van der Waals surface area contributed by atoms with Gasteiger partial charge in [0.25, 0.3) is 0 Å². The van der Waals surface area contributed by atoms with Crippen molar-refractivity contribution in [3.63, 3.8) is 0 Å². The number of anilines is 1. The van der Waals surface area contributed by atoms with E-state index in [1.165, 1.54) is 24.9 Å². The lowest BCUT2D eigenvalue weighted by Crippen LogP contribution is -2.36. The standard InChI is InChI=1S/C15H21Br2N/c1-10-9-15(2,3)7-6-13(10)18-14-8-11(16)4-5-12(14)17/h4-5,8,10,13,18H,6-7,9H2,1-3H3. The SMILES string of the molecule is CC1CC(C)(C)CCC1Nc1cc(Br)ccc1Br. The first-order valence-corrected chi connectivity index (χ1v) is 8.17. The fourth-order valence-corrected chi connectivity index (χ4v) is 3.69. The van der Waals surface area contributed by atoms with E-state index in [0.717, 1.165) is 14.9 Å². The lowest BCUT2D eigenvalue weighted by molar-refractivity contribution is 0.177. The molecule has 0 heterocycles. The Morgan fingerprint density at radius 3 is 2.67 bits per heavy atom. The maximum absolute atomic E-state index is 3.70. The Bertz CT molecular complexity index is 429. The van der Waals surface area contributed by atoms with Gasteiger partial charge in [-0.15, -0.1) is 0 Å². The van der Waals surface area contributed by atoms with Crippen LogP contribution in [0, 0.1) is 11.3 Å². The molecule has 2 rings (SSSR count). The highest BCUT2D eigenvalue weighted by Crippen LogP contribution is 2.40. The first kappa shape index (κ1) is 14.4. The van der Waals surface area contributed by atoms with Crippen molar-refractivity contribution in [2.75, 3.05) is 5.32 Å². The van der Waals surface area contributed by atoms with Gasteiger partial charge in [-0.3, -0.25) is 0 Å². The summed E-state index contributed by atoms with van der Waals surface area (Å²) in [6, 6.07) is 6.88. The molecule has 0 bridgehead atoms. The molecule has 1 aromatic rings. The molecule has 2 atom stereocenters. The van der Waals surface area contributed by atoms with E-state index in [1.807, 2.05) is 0 Å². The quantitative estimate of drug-likeness (QED) is 0.685. The Hall–Kier alpha value is -0.0200. The third kappa shape index (κ3) is 3.51. The predicted molar refractivity (Wildman–Crippen MR) is 86.0 cm³/mol. The van der Waals surface area contributed by atoms with Crippen LogP contribution in [-0.4, -0.2) is 6.04 Å². The van der Waals surface area contributed by atoms with Crippen LogP contribution in [0.15, 0.2) is 27.1 Å². The van der Waals surface area contributed by atoms with E-state index in [-0.39, 0.29) is 0 Å². The van der Waals surface area contributed by atoms with E-state index in [2.05, 4.69) is 76.1 Å². The van der Waals surface area contributed by atoms with Gasteiger partial charge in [-0.2, -0.15) is 0 Å². The molecule has 0 aromatic heterocycles. The highest BCUT2D eigenvalue weighted by atomic mass is 79.9. The van der Waals surface area contributed by atoms with Crippen LogP contribution in [0.4, 0.5) is 5.69 Å². The lowest BCUT2D eigenvalue weighted by atomic mass is 9.70. The first-order valence-electron chi connectivity index (χ1n) is 6.59. The van der Waals surface area contributed by atoms with Gasteiger partial charge < -0.3 is 5.32 Å². The second-order valence-corrected chi connectivity index (χ2v) is 8.03. The summed E-state index contributed by atoms with van der Waals surface area (Å²) in [6.45, 7) is 7.13. The second-order valence-electron chi connectivity index (χ2n) is 6.26. The van der Waals surface area contributed by atoms with Crippen LogP contribution in [0.25, 0.3) is 0 Å². The van der Waals surface area contributed by atoms with E-state index in [4.69, 9.17) is 0 Å². The van der Waals surface area contributed by atoms with E-state index >= 15 is 0 Å². The smallest absolute Gasteiger partial charge is 0.0498 e. The van der Waals surface area contributed by atoms with E-state index in [0.29, 0.717) is 11.5 Å². The maximum atomic E-state index is 3.70. The summed E-state index contributed by atoms with van der Waals surface area (Å²) in [4.78, 5) is 0. The summed E-state index contributed by atoms with van der Waals surface area (Å²) >= 11 is 7.15. The molecule has 1 aliphatic rings. The van der Waals surface area contributed by atoms with Gasteiger partial charge in [0, 0.05) is 20.7 Å². The van der Waals surface area contributed by atoms with Crippen molar-refractivity contribution in [3.8, 4) is 0 Å². The first-order chi connectivity index (χ1) is 8.37.